The average molecular weight is 1890 g/mol. The smallest absolute Gasteiger partial charge is 0.216 e. The van der Waals surface area contributed by atoms with Gasteiger partial charge in [0.15, 0.2) is 94.1 Å². The number of nitrogens with zero attached hydrogens (tertiary/aromatic N) is 12. The summed E-state index contributed by atoms with van der Waals surface area (Å²) in [5.74, 6) is -1.18. The Bertz CT molecular complexity index is 9700. The monoisotopic (exact) mass is 1890 g/mol. The van der Waals surface area contributed by atoms with Crippen LogP contribution in [0, 0.1) is 129 Å². The predicted octanol–water partition coefficient (Wildman–Crippen LogP) is 29.6. The maximum Gasteiger partial charge on any atom is 0.216 e. The van der Waals surface area contributed by atoms with E-state index in [-0.39, 0.29) is 28.4 Å². The standard InChI is InChI=1S/3C21H17N2O.3C20H14FN2O/c1-13-8-9-16-15-10-11-17(22-3)14(2)20(15)24-21(16)19(13)18-7-5-6-12-23(18)4;1-13-8-9-16-17-12-15(22-3)11-14(2)20(17)24-21(16)19(13)18-7-5-6-10-23(18)4;1-13-8-10-16-19-15(12-22)9-7-14(2)20(19)24-21(16)18(13)17-6-4-5-11-23(17)3;1-12-10-15(21)20-19(18(12)16-6-4-5-9-23(16)3)14-11-13(22-2)7-8-17(14)24-20;1-12-10-15(21)20-19(18(12)16-6-4-5-9-23(16)3)14-8-7-13(22-2)11-17(14)24-20;1-12-10-14(21)20-19(17(12)15-7-3-4-9-23(15)2)18-13(11-22)6-5-8-16(18)24-20/h2*5-12H,1-2,4H3;4-11H,1-3H3;2*4-11H,1,3H3;3-10H,1-2H3/q6*+1. The van der Waals surface area contributed by atoms with Crippen molar-refractivity contribution in [3.63, 3.8) is 0 Å². The van der Waals surface area contributed by atoms with Gasteiger partial charge in [0.05, 0.1) is 82.9 Å². The van der Waals surface area contributed by atoms with Crippen LogP contribution in [-0.2, 0) is 42.3 Å². The van der Waals surface area contributed by atoms with Crippen LogP contribution in [0.5, 0.6) is 0 Å². The zero-order valence-electron chi connectivity index (χ0n) is 81.7. The molecule has 0 radical (unpaired) electrons. The lowest BCUT2D eigenvalue weighted by Gasteiger charge is -2.07. The summed E-state index contributed by atoms with van der Waals surface area (Å²) in [6.45, 7) is 46.9. The normalized spacial score (nSPS) is 11.1. The number of fused-ring (bicyclic) bond motifs is 18. The Labute approximate surface area is 827 Å². The number of aryl methyl sites for hydroxylation is 15. The Morgan fingerprint density at radius 3 is 1.08 bits per heavy atom. The fraction of sp³-hybridized carbons (Fsp3) is 0.122. The number of hydrogen-bond acceptors (Lipinski definition) is 8. The first kappa shape index (κ1) is 94.1. The molecular formula is C123H93F3N12O6+6. The van der Waals surface area contributed by atoms with E-state index in [2.05, 4.69) is 121 Å². The van der Waals surface area contributed by atoms with Crippen LogP contribution in [0.2, 0.25) is 0 Å². The Balaban J connectivity index is 0.000000109. The van der Waals surface area contributed by atoms with Gasteiger partial charge in [0.2, 0.25) is 34.2 Å². The summed E-state index contributed by atoms with van der Waals surface area (Å²) in [5, 5.41) is 29.5. The Morgan fingerprint density at radius 1 is 0.243 bits per heavy atom. The van der Waals surface area contributed by atoms with Gasteiger partial charge < -0.3 is 26.5 Å². The van der Waals surface area contributed by atoms with E-state index in [1.807, 2.05) is 268 Å². The highest BCUT2D eigenvalue weighted by molar-refractivity contribution is 6.19. The van der Waals surface area contributed by atoms with E-state index >= 15 is 0 Å². The van der Waals surface area contributed by atoms with Crippen LogP contribution in [0.3, 0.4) is 0 Å². The molecule has 696 valence electrons. The zero-order chi connectivity index (χ0) is 101. The van der Waals surface area contributed by atoms with Gasteiger partial charge in [-0.25, -0.2) is 60.0 Å². The quantitative estimate of drug-likeness (QED) is 0.117. The summed E-state index contributed by atoms with van der Waals surface area (Å²) >= 11 is 0. The highest BCUT2D eigenvalue weighted by atomic mass is 19.1. The summed E-state index contributed by atoms with van der Waals surface area (Å²) in [7, 11) is 12.0. The third kappa shape index (κ3) is 16.6. The van der Waals surface area contributed by atoms with Crippen LogP contribution in [0.15, 0.2) is 318 Å². The van der Waals surface area contributed by atoms with Gasteiger partial charge in [0, 0.05) is 137 Å². The summed E-state index contributed by atoms with van der Waals surface area (Å²) in [6.07, 6.45) is 12.0. The van der Waals surface area contributed by atoms with Crippen molar-refractivity contribution >= 4 is 154 Å². The van der Waals surface area contributed by atoms with E-state index in [4.69, 9.17) is 52.8 Å². The van der Waals surface area contributed by atoms with Gasteiger partial charge in [-0.15, -0.1) is 0 Å². The first-order valence-corrected chi connectivity index (χ1v) is 46.5. The molecule has 0 bridgehead atoms. The van der Waals surface area contributed by atoms with E-state index in [0.29, 0.717) is 61.4 Å². The average Bonchev–Trinajstić information content (AvgIpc) is 1.59. The molecule has 12 heterocycles. The van der Waals surface area contributed by atoms with E-state index in [1.165, 1.54) is 29.3 Å². The second-order valence-corrected chi connectivity index (χ2v) is 36.0. The predicted molar refractivity (Wildman–Crippen MR) is 559 cm³/mol. The van der Waals surface area contributed by atoms with Crippen LogP contribution < -0.4 is 27.4 Å². The second-order valence-electron chi connectivity index (χ2n) is 36.0. The number of aromatic nitrogens is 6. The minimum Gasteiger partial charge on any atom is -0.456 e. The van der Waals surface area contributed by atoms with Crippen molar-refractivity contribution in [3.05, 3.63) is 416 Å². The van der Waals surface area contributed by atoms with Crippen molar-refractivity contribution in [3.8, 4) is 79.7 Å². The molecule has 0 N–H and O–H groups in total. The Hall–Kier alpha value is -18.9. The number of hydrogen-bond donors (Lipinski definition) is 0. The molecule has 0 saturated carbocycles. The van der Waals surface area contributed by atoms with Crippen molar-refractivity contribution < 1.29 is 67.1 Å². The number of benzene rings is 12. The van der Waals surface area contributed by atoms with Crippen molar-refractivity contribution in [2.45, 2.75) is 62.3 Å². The zero-order valence-corrected chi connectivity index (χ0v) is 81.7. The maximum absolute atomic E-state index is 14.5. The molecule has 144 heavy (non-hydrogen) atoms. The van der Waals surface area contributed by atoms with E-state index in [0.717, 1.165) is 194 Å². The van der Waals surface area contributed by atoms with Crippen LogP contribution >= 0.6 is 0 Å². The molecular weight excluding hydrogens is 1800 g/mol. The van der Waals surface area contributed by atoms with Crippen molar-refractivity contribution in [2.75, 3.05) is 0 Å². The van der Waals surface area contributed by atoms with Crippen LogP contribution in [0.4, 0.5) is 35.9 Å². The van der Waals surface area contributed by atoms with E-state index in [9.17, 15) is 23.7 Å². The second kappa shape index (κ2) is 38.5. The highest BCUT2D eigenvalue weighted by Crippen LogP contribution is 2.48. The largest absolute Gasteiger partial charge is 0.456 e. The number of halogens is 3. The summed E-state index contributed by atoms with van der Waals surface area (Å²) < 4.78 is 91.9. The minimum atomic E-state index is -0.412. The molecule has 18 nitrogen and oxygen atoms in total. The molecule has 0 amide bonds. The molecule has 0 aliphatic heterocycles. The van der Waals surface area contributed by atoms with Gasteiger partial charge in [-0.1, -0.05) is 78.9 Å². The van der Waals surface area contributed by atoms with Gasteiger partial charge in [-0.3, -0.25) is 0 Å². The summed E-state index contributed by atoms with van der Waals surface area (Å²) in [5.41, 5.74) is 32.0. The Morgan fingerprint density at radius 2 is 0.611 bits per heavy atom. The van der Waals surface area contributed by atoms with Gasteiger partial charge in [0.25, 0.3) is 0 Å². The van der Waals surface area contributed by atoms with Crippen molar-refractivity contribution in [1.82, 2.24) is 0 Å². The van der Waals surface area contributed by atoms with Crippen LogP contribution in [0.25, 0.3) is 219 Å². The fourth-order valence-corrected chi connectivity index (χ4v) is 19.8. The number of nitriles is 2. The molecule has 12 aromatic carbocycles. The number of rotatable bonds is 6. The lowest BCUT2D eigenvalue weighted by molar-refractivity contribution is -0.660. The first-order chi connectivity index (χ1) is 69.6. The fourth-order valence-electron chi connectivity index (χ4n) is 19.8. The third-order valence-electron chi connectivity index (χ3n) is 26.8. The summed E-state index contributed by atoms with van der Waals surface area (Å²) in [6, 6.07) is 84.9. The van der Waals surface area contributed by atoms with Gasteiger partial charge in [0.1, 0.15) is 92.5 Å². The summed E-state index contributed by atoms with van der Waals surface area (Å²) in [4.78, 5) is 14.1. The maximum atomic E-state index is 14.5. The first-order valence-electron chi connectivity index (χ1n) is 46.5. The van der Waals surface area contributed by atoms with Crippen molar-refractivity contribution in [1.29, 1.82) is 10.5 Å². The van der Waals surface area contributed by atoms with E-state index < -0.39 is 5.82 Å². The lowest BCUT2D eigenvalue weighted by Crippen LogP contribution is -2.30. The molecule has 0 aliphatic rings. The molecule has 0 saturated heterocycles. The minimum absolute atomic E-state index is 0.192. The molecule has 24 rings (SSSR count). The topological polar surface area (TPSA) is 167 Å². The van der Waals surface area contributed by atoms with E-state index in [1.54, 1.807) is 48.5 Å². The molecule has 0 unspecified atom stereocenters. The number of furan rings is 6. The Kier molecular flexibility index (Phi) is 25.1. The third-order valence-corrected chi connectivity index (χ3v) is 26.8. The molecule has 24 aromatic rings. The lowest BCUT2D eigenvalue weighted by atomic mass is 9.96. The molecule has 12 aromatic heterocycles. The number of pyridine rings is 6. The SMILES string of the molecule is Cc1cc(F)c2oc3cccc(C#N)c3c2c1-c1cccc[n+]1C.Cc1ccc2c(oc3c(C)ccc(C#N)c32)c1-c1cccc[n+]1C.[C-]#[N+]c1cc(C)c2oc3c(-c4cccc[n+]4C)c(C)ccc3c2c1.[C-]#[N+]c1ccc2c(c1)oc1c(F)cc(C)c(-c3cccc[n+]3C)c12.[C-]#[N+]c1ccc2c(oc3c(-c4cccc[n+]4C)c(C)ccc32)c1C.[C-]#[N+]c1ccc2oc3c(F)cc(C)c(-c4cccc[n+]4C)c3c2c1. The van der Waals surface area contributed by atoms with Crippen molar-refractivity contribution in [2.24, 2.45) is 42.3 Å². The highest BCUT2D eigenvalue weighted by Gasteiger charge is 2.31. The van der Waals surface area contributed by atoms with Crippen LogP contribution in [-0.4, -0.2) is 0 Å². The van der Waals surface area contributed by atoms with Crippen LogP contribution in [0.1, 0.15) is 61.2 Å². The van der Waals surface area contributed by atoms with Gasteiger partial charge in [-0.2, -0.15) is 10.5 Å². The molecule has 0 aliphatic carbocycles. The molecule has 0 atom stereocenters. The van der Waals surface area contributed by atoms with Gasteiger partial charge in [-0.05, 0) is 216 Å². The molecule has 0 spiro atoms. The molecule has 0 fully saturated rings. The molecule has 21 heteroatoms. The van der Waals surface area contributed by atoms with Gasteiger partial charge >= 0.3 is 0 Å².